The number of rotatable bonds is 2. The topological polar surface area (TPSA) is 60.2 Å². The fraction of sp³-hybridized carbons (Fsp3) is 0.375. The minimum Gasteiger partial charge on any atom is -0.394 e. The summed E-state index contributed by atoms with van der Waals surface area (Å²) in [7, 11) is 0. The fourth-order valence-corrected chi connectivity index (χ4v) is 3.08. The van der Waals surface area contributed by atoms with Gasteiger partial charge in [0.2, 0.25) is 0 Å². The second-order valence-corrected chi connectivity index (χ2v) is 5.36. The molecule has 20 heavy (non-hydrogen) atoms. The molecule has 4 nitrogen and oxygen atoms in total. The van der Waals surface area contributed by atoms with Gasteiger partial charge in [-0.25, -0.2) is 0 Å². The third-order valence-electron chi connectivity index (χ3n) is 4.22. The molecular formula is C16H17N3O. The number of aliphatic hydroxyl groups excluding tert-OH is 1. The highest BCUT2D eigenvalue weighted by Gasteiger charge is 2.32. The van der Waals surface area contributed by atoms with Crippen molar-refractivity contribution < 1.29 is 5.11 Å². The monoisotopic (exact) mass is 267 g/mol. The van der Waals surface area contributed by atoms with Crippen molar-refractivity contribution in [2.24, 2.45) is 5.92 Å². The number of para-hydroxylation sites is 1. The molecule has 1 aromatic heterocycles. The minimum atomic E-state index is 0.0768. The predicted molar refractivity (Wildman–Crippen MR) is 78.5 cm³/mol. The molecule has 0 radical (unpaired) electrons. The van der Waals surface area contributed by atoms with Crippen molar-refractivity contribution in [3.8, 4) is 6.07 Å². The van der Waals surface area contributed by atoms with Gasteiger partial charge in [-0.3, -0.25) is 4.98 Å². The molecule has 0 aliphatic carbocycles. The van der Waals surface area contributed by atoms with E-state index in [0.717, 1.165) is 29.6 Å². The first-order chi connectivity index (χ1) is 9.76. The van der Waals surface area contributed by atoms with Gasteiger partial charge < -0.3 is 10.0 Å². The van der Waals surface area contributed by atoms with Gasteiger partial charge in [0.05, 0.1) is 29.4 Å². The summed E-state index contributed by atoms with van der Waals surface area (Å²) >= 11 is 0. The van der Waals surface area contributed by atoms with Gasteiger partial charge in [-0.05, 0) is 18.4 Å². The molecule has 1 aliphatic rings. The number of hydrogen-bond donors (Lipinski definition) is 1. The maximum absolute atomic E-state index is 9.66. The maximum atomic E-state index is 9.66. The lowest BCUT2D eigenvalue weighted by atomic mass is 10.0. The zero-order valence-corrected chi connectivity index (χ0v) is 11.5. The Kier molecular flexibility index (Phi) is 3.29. The van der Waals surface area contributed by atoms with E-state index in [1.807, 2.05) is 24.3 Å². The molecule has 0 amide bonds. The molecule has 2 atom stereocenters. The average Bonchev–Trinajstić information content (AvgIpc) is 2.86. The third kappa shape index (κ3) is 1.91. The summed E-state index contributed by atoms with van der Waals surface area (Å²) in [4.78, 5) is 6.52. The van der Waals surface area contributed by atoms with Crippen LogP contribution < -0.4 is 4.90 Å². The highest BCUT2D eigenvalue weighted by Crippen LogP contribution is 2.36. The number of pyridine rings is 1. The number of hydrogen-bond acceptors (Lipinski definition) is 4. The van der Waals surface area contributed by atoms with Crippen LogP contribution in [0.4, 0.5) is 5.69 Å². The summed E-state index contributed by atoms with van der Waals surface area (Å²) in [6, 6.07) is 10.2. The first kappa shape index (κ1) is 12.9. The van der Waals surface area contributed by atoms with Crippen molar-refractivity contribution in [2.45, 2.75) is 19.4 Å². The normalized spacial score (nSPS) is 22.1. The highest BCUT2D eigenvalue weighted by molar-refractivity contribution is 5.94. The Morgan fingerprint density at radius 2 is 2.25 bits per heavy atom. The molecule has 3 rings (SSSR count). The van der Waals surface area contributed by atoms with Crippen molar-refractivity contribution in [1.82, 2.24) is 4.98 Å². The summed E-state index contributed by atoms with van der Waals surface area (Å²) in [6.45, 7) is 3.13. The van der Waals surface area contributed by atoms with E-state index in [4.69, 9.17) is 0 Å². The van der Waals surface area contributed by atoms with Gasteiger partial charge in [-0.15, -0.1) is 0 Å². The minimum absolute atomic E-state index is 0.0768. The Morgan fingerprint density at radius 1 is 1.45 bits per heavy atom. The van der Waals surface area contributed by atoms with Crippen molar-refractivity contribution in [1.29, 1.82) is 5.26 Å². The first-order valence-electron chi connectivity index (χ1n) is 6.91. The number of fused-ring (bicyclic) bond motifs is 1. The number of nitrogens with zero attached hydrogens (tertiary/aromatic N) is 3. The van der Waals surface area contributed by atoms with Crippen LogP contribution >= 0.6 is 0 Å². The van der Waals surface area contributed by atoms with Gasteiger partial charge in [-0.1, -0.05) is 25.1 Å². The van der Waals surface area contributed by atoms with Gasteiger partial charge in [0.15, 0.2) is 0 Å². The molecule has 2 unspecified atom stereocenters. The number of aromatic nitrogens is 1. The summed E-state index contributed by atoms with van der Waals surface area (Å²) in [5.74, 6) is 0.429. The van der Waals surface area contributed by atoms with Crippen LogP contribution in [0.25, 0.3) is 10.9 Å². The first-order valence-corrected chi connectivity index (χ1v) is 6.91. The summed E-state index contributed by atoms with van der Waals surface area (Å²) < 4.78 is 0. The molecule has 1 N–H and O–H groups in total. The van der Waals surface area contributed by atoms with Crippen LogP contribution in [0.5, 0.6) is 0 Å². The van der Waals surface area contributed by atoms with Crippen molar-refractivity contribution in [3.05, 3.63) is 36.0 Å². The Bertz CT molecular complexity index is 677. The number of nitriles is 1. The summed E-state index contributed by atoms with van der Waals surface area (Å²) in [5.41, 5.74) is 2.38. The van der Waals surface area contributed by atoms with Crippen LogP contribution in [-0.4, -0.2) is 29.3 Å². The van der Waals surface area contributed by atoms with E-state index in [1.165, 1.54) is 0 Å². The van der Waals surface area contributed by atoms with E-state index >= 15 is 0 Å². The highest BCUT2D eigenvalue weighted by atomic mass is 16.3. The average molecular weight is 267 g/mol. The number of benzene rings is 1. The van der Waals surface area contributed by atoms with Gasteiger partial charge >= 0.3 is 0 Å². The Hall–Kier alpha value is -2.12. The molecule has 2 aromatic rings. The van der Waals surface area contributed by atoms with Crippen LogP contribution in [0, 0.1) is 17.2 Å². The molecule has 1 aliphatic heterocycles. The smallest absolute Gasteiger partial charge is 0.103 e. The number of anilines is 1. The molecule has 2 heterocycles. The Labute approximate surface area is 118 Å². The molecule has 4 heteroatoms. The predicted octanol–water partition coefficient (Wildman–Crippen LogP) is 2.31. The van der Waals surface area contributed by atoms with Crippen LogP contribution in [0.2, 0.25) is 0 Å². The quantitative estimate of drug-likeness (QED) is 0.907. The van der Waals surface area contributed by atoms with Crippen molar-refractivity contribution in [3.63, 3.8) is 0 Å². The lowest BCUT2D eigenvalue weighted by Gasteiger charge is -2.29. The van der Waals surface area contributed by atoms with E-state index in [-0.39, 0.29) is 12.6 Å². The third-order valence-corrected chi connectivity index (χ3v) is 4.22. The lowest BCUT2D eigenvalue weighted by Crippen LogP contribution is -2.35. The van der Waals surface area contributed by atoms with Crippen LogP contribution in [-0.2, 0) is 0 Å². The zero-order valence-electron chi connectivity index (χ0n) is 11.5. The van der Waals surface area contributed by atoms with E-state index in [2.05, 4.69) is 22.9 Å². The number of aliphatic hydroxyl groups is 1. The van der Waals surface area contributed by atoms with E-state index < -0.39 is 0 Å². The standard InChI is InChI=1S/C16H17N3O/c1-11-6-7-19(15(11)10-20)16-12(8-17)9-18-14-5-3-2-4-13(14)16/h2-5,9,11,15,20H,6-7,10H2,1H3. The molecule has 0 spiro atoms. The van der Waals surface area contributed by atoms with Crippen LogP contribution in [0.1, 0.15) is 18.9 Å². The van der Waals surface area contributed by atoms with E-state index in [0.29, 0.717) is 11.5 Å². The molecule has 1 saturated heterocycles. The van der Waals surface area contributed by atoms with Crippen LogP contribution in [0.3, 0.4) is 0 Å². The molecule has 1 aromatic carbocycles. The van der Waals surface area contributed by atoms with E-state index in [9.17, 15) is 10.4 Å². The van der Waals surface area contributed by atoms with Crippen molar-refractivity contribution in [2.75, 3.05) is 18.1 Å². The van der Waals surface area contributed by atoms with Gasteiger partial charge in [0, 0.05) is 18.1 Å². The Morgan fingerprint density at radius 3 is 3.00 bits per heavy atom. The SMILES string of the molecule is CC1CCN(c2c(C#N)cnc3ccccc23)C1CO. The second-order valence-electron chi connectivity index (χ2n) is 5.36. The lowest BCUT2D eigenvalue weighted by molar-refractivity contribution is 0.245. The summed E-state index contributed by atoms with van der Waals surface area (Å²) in [6.07, 6.45) is 2.67. The van der Waals surface area contributed by atoms with Crippen LogP contribution in [0.15, 0.2) is 30.5 Å². The van der Waals surface area contributed by atoms with Gasteiger partial charge in [-0.2, -0.15) is 5.26 Å². The second kappa shape index (κ2) is 5.10. The van der Waals surface area contributed by atoms with Crippen molar-refractivity contribution >= 4 is 16.6 Å². The zero-order chi connectivity index (χ0) is 14.1. The molecule has 0 bridgehead atoms. The molecule has 0 saturated carbocycles. The van der Waals surface area contributed by atoms with E-state index in [1.54, 1.807) is 6.20 Å². The fourth-order valence-electron chi connectivity index (χ4n) is 3.08. The largest absolute Gasteiger partial charge is 0.394 e. The molecular weight excluding hydrogens is 250 g/mol. The van der Waals surface area contributed by atoms with Gasteiger partial charge in [0.25, 0.3) is 0 Å². The maximum Gasteiger partial charge on any atom is 0.103 e. The van der Waals surface area contributed by atoms with Gasteiger partial charge in [0.1, 0.15) is 6.07 Å². The molecule has 1 fully saturated rings. The molecule has 102 valence electrons. The summed E-state index contributed by atoms with van der Waals surface area (Å²) in [5, 5.41) is 20.0. The Balaban J connectivity index is 2.21.